The summed E-state index contributed by atoms with van der Waals surface area (Å²) in [4.78, 5) is 0. The molecule has 0 saturated heterocycles. The van der Waals surface area contributed by atoms with Gasteiger partial charge in [0.2, 0.25) is 0 Å². The van der Waals surface area contributed by atoms with Gasteiger partial charge in [0.05, 0.1) is 17.7 Å². The average molecular weight is 286 g/mol. The van der Waals surface area contributed by atoms with E-state index in [4.69, 9.17) is 20.5 Å². The van der Waals surface area contributed by atoms with Crippen LogP contribution in [0.4, 0.5) is 10.1 Å². The van der Waals surface area contributed by atoms with E-state index in [2.05, 4.69) is 0 Å². The maximum absolute atomic E-state index is 13.8. The Labute approximate surface area is 122 Å². The number of ether oxygens (including phenoxy) is 2. The number of nitriles is 1. The van der Waals surface area contributed by atoms with Crippen molar-refractivity contribution in [3.63, 3.8) is 0 Å². The lowest BCUT2D eigenvalue weighted by atomic mass is 10.2. The summed E-state index contributed by atoms with van der Waals surface area (Å²) in [7, 11) is 0. The number of benzene rings is 2. The molecule has 0 aliphatic rings. The van der Waals surface area contributed by atoms with Gasteiger partial charge in [-0.15, -0.1) is 0 Å². The number of rotatable bonds is 4. The molecule has 0 bridgehead atoms. The first-order valence-electron chi connectivity index (χ1n) is 6.44. The van der Waals surface area contributed by atoms with Crippen LogP contribution in [-0.2, 0) is 0 Å². The van der Waals surface area contributed by atoms with Gasteiger partial charge in [-0.2, -0.15) is 5.26 Å². The summed E-state index contributed by atoms with van der Waals surface area (Å²) in [6.07, 6.45) is -0.0331. The van der Waals surface area contributed by atoms with E-state index in [0.717, 1.165) is 6.07 Å². The molecule has 0 aromatic heterocycles. The lowest BCUT2D eigenvalue weighted by Crippen LogP contribution is -2.07. The van der Waals surface area contributed by atoms with E-state index < -0.39 is 5.82 Å². The van der Waals surface area contributed by atoms with Gasteiger partial charge in [0.1, 0.15) is 11.4 Å². The molecule has 0 amide bonds. The molecule has 2 N–H and O–H groups in total. The first-order valence-corrected chi connectivity index (χ1v) is 6.44. The van der Waals surface area contributed by atoms with Crippen LogP contribution in [0.2, 0.25) is 0 Å². The Bertz CT molecular complexity index is 693. The van der Waals surface area contributed by atoms with E-state index in [1.165, 1.54) is 12.1 Å². The summed E-state index contributed by atoms with van der Waals surface area (Å²) in [6.45, 7) is 3.76. The molecule has 2 aromatic carbocycles. The Hall–Kier alpha value is -2.74. The first-order chi connectivity index (χ1) is 10.0. The van der Waals surface area contributed by atoms with Crippen LogP contribution in [-0.4, -0.2) is 6.10 Å². The molecule has 0 aliphatic heterocycles. The molecule has 0 saturated carbocycles. The van der Waals surface area contributed by atoms with E-state index in [0.29, 0.717) is 17.2 Å². The number of para-hydroxylation sites is 1. The molecule has 2 aromatic rings. The minimum atomic E-state index is -0.622. The van der Waals surface area contributed by atoms with Gasteiger partial charge in [0.25, 0.3) is 0 Å². The van der Waals surface area contributed by atoms with E-state index >= 15 is 0 Å². The van der Waals surface area contributed by atoms with E-state index in [9.17, 15) is 4.39 Å². The number of nitrogen functional groups attached to an aromatic ring is 1. The molecule has 2 rings (SSSR count). The van der Waals surface area contributed by atoms with Gasteiger partial charge in [0.15, 0.2) is 17.3 Å². The third-order valence-electron chi connectivity index (χ3n) is 2.67. The van der Waals surface area contributed by atoms with Crippen LogP contribution in [0.5, 0.6) is 17.2 Å². The number of hydrogen-bond donors (Lipinski definition) is 1. The highest BCUT2D eigenvalue weighted by Gasteiger charge is 2.12. The van der Waals surface area contributed by atoms with Gasteiger partial charge in [-0.25, -0.2) is 4.39 Å². The Morgan fingerprint density at radius 3 is 2.48 bits per heavy atom. The highest BCUT2D eigenvalue weighted by Crippen LogP contribution is 2.35. The smallest absolute Gasteiger partial charge is 0.167 e. The predicted molar refractivity (Wildman–Crippen MR) is 77.8 cm³/mol. The second-order valence-electron chi connectivity index (χ2n) is 4.69. The Morgan fingerprint density at radius 2 is 1.86 bits per heavy atom. The summed E-state index contributed by atoms with van der Waals surface area (Å²) in [5.41, 5.74) is 6.49. The largest absolute Gasteiger partial charge is 0.489 e. The quantitative estimate of drug-likeness (QED) is 0.866. The van der Waals surface area contributed by atoms with E-state index in [-0.39, 0.29) is 17.4 Å². The fourth-order valence-corrected chi connectivity index (χ4v) is 1.74. The molecule has 108 valence electrons. The zero-order valence-electron chi connectivity index (χ0n) is 11.8. The zero-order valence-corrected chi connectivity index (χ0v) is 11.8. The highest BCUT2D eigenvalue weighted by atomic mass is 19.1. The van der Waals surface area contributed by atoms with Crippen molar-refractivity contribution in [3.05, 3.63) is 47.8 Å². The topological polar surface area (TPSA) is 68.3 Å². The van der Waals surface area contributed by atoms with Gasteiger partial charge < -0.3 is 15.2 Å². The Balaban J connectivity index is 2.30. The first kappa shape index (κ1) is 14.7. The lowest BCUT2D eigenvalue weighted by molar-refractivity contribution is 0.243. The van der Waals surface area contributed by atoms with Crippen molar-refractivity contribution in [2.45, 2.75) is 20.0 Å². The molecule has 0 aliphatic carbocycles. The summed E-state index contributed by atoms with van der Waals surface area (Å²) in [5.74, 6) is 0.166. The van der Waals surface area contributed by atoms with Crippen LogP contribution in [0.15, 0.2) is 36.4 Å². The van der Waals surface area contributed by atoms with Gasteiger partial charge >= 0.3 is 0 Å². The van der Waals surface area contributed by atoms with Gasteiger partial charge in [0, 0.05) is 0 Å². The Kier molecular flexibility index (Phi) is 4.29. The number of halogens is 1. The third-order valence-corrected chi connectivity index (χ3v) is 2.67. The summed E-state index contributed by atoms with van der Waals surface area (Å²) >= 11 is 0. The standard InChI is InChI=1S/C16H15FN2O2/c1-10(2)20-14-4-3-5-15(16(14)19)21-13-7-6-11(9-18)8-12(13)17/h3-8,10H,19H2,1-2H3. The number of hydrogen-bond acceptors (Lipinski definition) is 4. The molecule has 4 nitrogen and oxygen atoms in total. The molecule has 0 heterocycles. The van der Waals surface area contributed by atoms with Crippen LogP contribution in [0.25, 0.3) is 0 Å². The molecular weight excluding hydrogens is 271 g/mol. The molecular formula is C16H15FN2O2. The van der Waals surface area contributed by atoms with E-state index in [1.807, 2.05) is 19.9 Å². The van der Waals surface area contributed by atoms with Crippen molar-refractivity contribution in [1.82, 2.24) is 0 Å². The van der Waals surface area contributed by atoms with Crippen LogP contribution in [0.1, 0.15) is 19.4 Å². The maximum Gasteiger partial charge on any atom is 0.167 e. The predicted octanol–water partition coefficient (Wildman–Crippen LogP) is 3.86. The minimum Gasteiger partial charge on any atom is -0.489 e. The van der Waals surface area contributed by atoms with Crippen molar-refractivity contribution >= 4 is 5.69 Å². The van der Waals surface area contributed by atoms with Crippen molar-refractivity contribution in [2.75, 3.05) is 5.73 Å². The second-order valence-corrected chi connectivity index (χ2v) is 4.69. The van der Waals surface area contributed by atoms with Crippen LogP contribution < -0.4 is 15.2 Å². The van der Waals surface area contributed by atoms with E-state index in [1.54, 1.807) is 18.2 Å². The fraction of sp³-hybridized carbons (Fsp3) is 0.188. The normalized spacial score (nSPS) is 10.2. The summed E-state index contributed by atoms with van der Waals surface area (Å²) < 4.78 is 24.8. The SMILES string of the molecule is CC(C)Oc1cccc(Oc2ccc(C#N)cc2F)c1N. The molecule has 0 spiro atoms. The Morgan fingerprint density at radius 1 is 1.14 bits per heavy atom. The highest BCUT2D eigenvalue weighted by molar-refractivity contribution is 5.63. The molecule has 0 atom stereocenters. The summed E-state index contributed by atoms with van der Waals surface area (Å²) in [5, 5.41) is 8.71. The van der Waals surface area contributed by atoms with Crippen molar-refractivity contribution in [1.29, 1.82) is 5.26 Å². The monoisotopic (exact) mass is 286 g/mol. The lowest BCUT2D eigenvalue weighted by Gasteiger charge is -2.15. The second kappa shape index (κ2) is 6.14. The molecule has 0 fully saturated rings. The van der Waals surface area contributed by atoms with Crippen LogP contribution in [0, 0.1) is 17.1 Å². The molecule has 0 radical (unpaired) electrons. The van der Waals surface area contributed by atoms with Gasteiger partial charge in [-0.1, -0.05) is 6.07 Å². The fourth-order valence-electron chi connectivity index (χ4n) is 1.74. The van der Waals surface area contributed by atoms with Gasteiger partial charge in [-0.05, 0) is 44.2 Å². The third kappa shape index (κ3) is 3.42. The van der Waals surface area contributed by atoms with Gasteiger partial charge in [-0.3, -0.25) is 0 Å². The minimum absolute atomic E-state index is 0.00222. The van der Waals surface area contributed by atoms with Crippen molar-refractivity contribution in [3.8, 4) is 23.3 Å². The van der Waals surface area contributed by atoms with Crippen molar-refractivity contribution in [2.24, 2.45) is 0 Å². The van der Waals surface area contributed by atoms with Crippen LogP contribution in [0.3, 0.4) is 0 Å². The number of anilines is 1. The molecule has 0 unspecified atom stereocenters. The maximum atomic E-state index is 13.8. The average Bonchev–Trinajstić information content (AvgIpc) is 2.44. The number of nitrogens with zero attached hydrogens (tertiary/aromatic N) is 1. The van der Waals surface area contributed by atoms with Crippen LogP contribution >= 0.6 is 0 Å². The number of nitrogens with two attached hydrogens (primary N) is 1. The molecule has 5 heteroatoms. The molecule has 21 heavy (non-hydrogen) atoms. The van der Waals surface area contributed by atoms with Crippen molar-refractivity contribution < 1.29 is 13.9 Å². The summed E-state index contributed by atoms with van der Waals surface area (Å²) in [6, 6.07) is 10.9. The zero-order chi connectivity index (χ0) is 15.4.